The molecular formula is C28H34F2N4O5. The summed E-state index contributed by atoms with van der Waals surface area (Å²) in [6.45, 7) is 9.52. The number of ether oxygens (including phenoxy) is 3. The van der Waals surface area contributed by atoms with Gasteiger partial charge in [-0.3, -0.25) is 4.98 Å². The minimum absolute atomic E-state index is 0.0630. The summed E-state index contributed by atoms with van der Waals surface area (Å²) in [7, 11) is 0. The van der Waals surface area contributed by atoms with E-state index < -0.39 is 29.3 Å². The Morgan fingerprint density at radius 1 is 1.05 bits per heavy atom. The van der Waals surface area contributed by atoms with Gasteiger partial charge < -0.3 is 29.4 Å². The Labute approximate surface area is 226 Å². The lowest BCUT2D eigenvalue weighted by molar-refractivity contribution is 0.0513. The van der Waals surface area contributed by atoms with E-state index in [0.29, 0.717) is 23.4 Å². The average Bonchev–Trinajstić information content (AvgIpc) is 3.17. The third kappa shape index (κ3) is 7.53. The molecular weight excluding hydrogens is 510 g/mol. The second-order valence-electron chi connectivity index (χ2n) is 9.45. The molecule has 0 aliphatic rings. The number of anilines is 2. The first-order valence-corrected chi connectivity index (χ1v) is 12.7. The molecule has 0 aliphatic heterocycles. The summed E-state index contributed by atoms with van der Waals surface area (Å²) in [5.41, 5.74) is 1.16. The Morgan fingerprint density at radius 3 is 2.41 bits per heavy atom. The summed E-state index contributed by atoms with van der Waals surface area (Å²) in [5, 5.41) is 5.62. The van der Waals surface area contributed by atoms with Crippen molar-refractivity contribution in [3.05, 3.63) is 65.7 Å². The zero-order valence-electron chi connectivity index (χ0n) is 22.8. The summed E-state index contributed by atoms with van der Waals surface area (Å²) in [5.74, 6) is -2.83. The van der Waals surface area contributed by atoms with Crippen LogP contribution in [-0.2, 0) is 27.4 Å². The molecule has 0 fully saturated rings. The van der Waals surface area contributed by atoms with Gasteiger partial charge >= 0.3 is 12.1 Å². The monoisotopic (exact) mass is 544 g/mol. The van der Waals surface area contributed by atoms with Gasteiger partial charge in [0.15, 0.2) is 17.3 Å². The van der Waals surface area contributed by atoms with Crippen LogP contribution in [0.2, 0.25) is 0 Å². The number of carbonyl (C=O) groups is 2. The van der Waals surface area contributed by atoms with Crippen LogP contribution < -0.4 is 10.6 Å². The van der Waals surface area contributed by atoms with Crippen molar-refractivity contribution in [1.82, 2.24) is 14.9 Å². The van der Waals surface area contributed by atoms with Crippen LogP contribution in [0.4, 0.5) is 25.0 Å². The third-order valence-corrected chi connectivity index (χ3v) is 5.47. The molecule has 210 valence electrons. The van der Waals surface area contributed by atoms with Crippen LogP contribution in [-0.4, -0.2) is 47.0 Å². The minimum Gasteiger partial charge on any atom is -0.461 e. The van der Waals surface area contributed by atoms with Gasteiger partial charge in [-0.05, 0) is 64.4 Å². The van der Waals surface area contributed by atoms with Gasteiger partial charge in [0.25, 0.3) is 0 Å². The molecule has 3 rings (SSSR count). The molecule has 0 unspecified atom stereocenters. The zero-order chi connectivity index (χ0) is 28.6. The molecule has 39 heavy (non-hydrogen) atoms. The summed E-state index contributed by atoms with van der Waals surface area (Å²) in [4.78, 5) is 29.7. The van der Waals surface area contributed by atoms with E-state index in [1.54, 1.807) is 56.8 Å². The average molecular weight is 545 g/mol. The van der Waals surface area contributed by atoms with Crippen molar-refractivity contribution in [2.75, 3.05) is 25.1 Å². The maximum atomic E-state index is 14.8. The van der Waals surface area contributed by atoms with E-state index in [1.165, 1.54) is 12.1 Å². The van der Waals surface area contributed by atoms with Gasteiger partial charge in [-0.1, -0.05) is 6.07 Å². The van der Waals surface area contributed by atoms with Crippen molar-refractivity contribution in [2.24, 2.45) is 0 Å². The Hall–Kier alpha value is -3.99. The second-order valence-corrected chi connectivity index (χ2v) is 9.45. The van der Waals surface area contributed by atoms with Crippen LogP contribution in [0.15, 0.2) is 42.7 Å². The number of nitrogens with zero attached hydrogens (tertiary/aromatic N) is 2. The lowest BCUT2D eigenvalue weighted by atomic mass is 10.0. The quantitative estimate of drug-likeness (QED) is 0.294. The first-order valence-electron chi connectivity index (χ1n) is 12.7. The van der Waals surface area contributed by atoms with Gasteiger partial charge in [0.05, 0.1) is 30.3 Å². The minimum atomic E-state index is -1.10. The predicted molar refractivity (Wildman–Crippen MR) is 143 cm³/mol. The highest BCUT2D eigenvalue weighted by Crippen LogP contribution is 2.40. The molecule has 9 nitrogen and oxygen atoms in total. The van der Waals surface area contributed by atoms with Crippen molar-refractivity contribution in [2.45, 2.75) is 53.4 Å². The first-order chi connectivity index (χ1) is 18.6. The highest BCUT2D eigenvalue weighted by atomic mass is 19.2. The molecule has 0 bridgehead atoms. The molecule has 0 saturated carbocycles. The number of halogens is 2. The molecule has 1 aromatic carbocycles. The lowest BCUT2D eigenvalue weighted by Gasteiger charge is -2.20. The Bertz CT molecular complexity index is 1290. The van der Waals surface area contributed by atoms with Crippen molar-refractivity contribution in [1.29, 1.82) is 0 Å². The van der Waals surface area contributed by atoms with Crippen molar-refractivity contribution in [3.8, 4) is 11.1 Å². The fourth-order valence-corrected chi connectivity index (χ4v) is 3.95. The Morgan fingerprint density at radius 2 is 1.77 bits per heavy atom. The number of pyridine rings is 1. The second kappa shape index (κ2) is 13.2. The molecule has 0 saturated heterocycles. The number of aromatic nitrogens is 2. The standard InChI is InChI=1S/C28H34F2N4O5/c1-6-37-17-21-22(18-11-13-31-14-12-18)24(33-20-10-8-9-19(29)23(20)30)25(26(35)38-7-2)34(21)16-15-32-27(36)39-28(3,4)5/h8-14,33H,6-7,15-17H2,1-5H3,(H,32,36). The van der Waals surface area contributed by atoms with E-state index in [9.17, 15) is 18.4 Å². The maximum absolute atomic E-state index is 14.8. The molecule has 3 aromatic rings. The molecule has 2 aromatic heterocycles. The molecule has 2 heterocycles. The largest absolute Gasteiger partial charge is 0.461 e. The van der Waals surface area contributed by atoms with E-state index in [1.807, 2.05) is 6.92 Å². The Balaban J connectivity index is 2.20. The number of nitrogens with one attached hydrogen (secondary N) is 2. The fourth-order valence-electron chi connectivity index (χ4n) is 3.95. The van der Waals surface area contributed by atoms with Gasteiger partial charge in [0, 0.05) is 37.7 Å². The summed E-state index contributed by atoms with van der Waals surface area (Å²) in [6.07, 6.45) is 2.54. The summed E-state index contributed by atoms with van der Waals surface area (Å²) in [6, 6.07) is 7.20. The number of alkyl carbamates (subject to hydrolysis) is 1. The highest BCUT2D eigenvalue weighted by molar-refractivity contribution is 6.02. The number of hydrogen-bond acceptors (Lipinski definition) is 7. The number of rotatable bonds is 11. The smallest absolute Gasteiger partial charge is 0.407 e. The van der Waals surface area contributed by atoms with Crippen molar-refractivity contribution >= 4 is 23.4 Å². The van der Waals surface area contributed by atoms with Crippen molar-refractivity contribution < 1.29 is 32.6 Å². The first kappa shape index (κ1) is 29.6. The van der Waals surface area contributed by atoms with E-state index in [4.69, 9.17) is 14.2 Å². The zero-order valence-corrected chi connectivity index (χ0v) is 22.8. The normalized spacial score (nSPS) is 11.3. The fraction of sp³-hybridized carbons (Fsp3) is 0.393. The maximum Gasteiger partial charge on any atom is 0.407 e. The van der Waals surface area contributed by atoms with Crippen LogP contribution in [0.5, 0.6) is 0 Å². The van der Waals surface area contributed by atoms with Crippen LogP contribution in [0.3, 0.4) is 0 Å². The van der Waals surface area contributed by atoms with Gasteiger partial charge in [0.1, 0.15) is 5.60 Å². The lowest BCUT2D eigenvalue weighted by Crippen LogP contribution is -2.34. The Kier molecular flexibility index (Phi) is 10.00. The molecule has 0 radical (unpaired) electrons. The van der Waals surface area contributed by atoms with Crippen LogP contribution in [0, 0.1) is 11.6 Å². The number of carbonyl (C=O) groups excluding carboxylic acids is 2. The van der Waals surface area contributed by atoms with Crippen molar-refractivity contribution in [3.63, 3.8) is 0 Å². The summed E-state index contributed by atoms with van der Waals surface area (Å²) >= 11 is 0. The van der Waals surface area contributed by atoms with E-state index in [0.717, 1.165) is 6.07 Å². The number of benzene rings is 1. The van der Waals surface area contributed by atoms with Crippen LogP contribution in [0.25, 0.3) is 11.1 Å². The molecule has 0 atom stereocenters. The summed E-state index contributed by atoms with van der Waals surface area (Å²) < 4.78 is 47.0. The van der Waals surface area contributed by atoms with Gasteiger partial charge in [-0.15, -0.1) is 0 Å². The molecule has 11 heteroatoms. The van der Waals surface area contributed by atoms with Gasteiger partial charge in [0.2, 0.25) is 0 Å². The van der Waals surface area contributed by atoms with Crippen LogP contribution in [0.1, 0.15) is 50.8 Å². The SMILES string of the molecule is CCOCc1c(-c2ccncc2)c(Nc2cccc(F)c2F)c(C(=O)OCC)n1CCNC(=O)OC(C)(C)C. The third-order valence-electron chi connectivity index (χ3n) is 5.47. The topological polar surface area (TPSA) is 104 Å². The van der Waals surface area contributed by atoms with Gasteiger partial charge in [-0.2, -0.15) is 0 Å². The van der Waals surface area contributed by atoms with E-state index in [2.05, 4.69) is 15.6 Å². The number of hydrogen-bond donors (Lipinski definition) is 2. The number of amides is 1. The van der Waals surface area contributed by atoms with E-state index >= 15 is 0 Å². The van der Waals surface area contributed by atoms with E-state index in [-0.39, 0.29) is 43.4 Å². The number of esters is 1. The molecule has 0 spiro atoms. The predicted octanol–water partition coefficient (Wildman–Crippen LogP) is 5.81. The molecule has 0 aliphatic carbocycles. The van der Waals surface area contributed by atoms with Gasteiger partial charge in [-0.25, -0.2) is 18.4 Å². The molecule has 1 amide bonds. The van der Waals surface area contributed by atoms with Crippen LogP contribution >= 0.6 is 0 Å². The molecule has 2 N–H and O–H groups in total. The highest BCUT2D eigenvalue weighted by Gasteiger charge is 2.30.